The minimum Gasteiger partial charge on any atom is -0.369 e. The number of aromatic nitrogens is 2. The van der Waals surface area contributed by atoms with Crippen molar-refractivity contribution in [1.29, 1.82) is 0 Å². The van der Waals surface area contributed by atoms with Crippen molar-refractivity contribution in [2.24, 2.45) is 0 Å². The largest absolute Gasteiger partial charge is 0.369 e. The molecular formula is C23H31N6O+. The van der Waals surface area contributed by atoms with Gasteiger partial charge in [0.05, 0.1) is 25.7 Å². The van der Waals surface area contributed by atoms with Crippen molar-refractivity contribution in [3.05, 3.63) is 66.0 Å². The van der Waals surface area contributed by atoms with E-state index in [9.17, 15) is 4.79 Å². The number of quaternary nitrogens is 1. The molecule has 0 atom stereocenters. The van der Waals surface area contributed by atoms with Crippen molar-refractivity contribution in [1.82, 2.24) is 20.2 Å². The number of benzene rings is 2. The van der Waals surface area contributed by atoms with Crippen LogP contribution in [0.25, 0.3) is 10.9 Å². The van der Waals surface area contributed by atoms with Crippen molar-refractivity contribution >= 4 is 22.8 Å². The number of nitrogens with one attached hydrogen (secondary N) is 2. The number of amides is 2. The number of nitrogens with two attached hydrogens (primary N) is 1. The molecule has 3 aromatic rings. The van der Waals surface area contributed by atoms with Crippen molar-refractivity contribution in [2.75, 3.05) is 32.5 Å². The highest BCUT2D eigenvalue weighted by Crippen LogP contribution is 2.20. The van der Waals surface area contributed by atoms with E-state index in [4.69, 9.17) is 4.98 Å². The maximum Gasteiger partial charge on any atom is 0.317 e. The third-order valence-corrected chi connectivity index (χ3v) is 4.87. The van der Waals surface area contributed by atoms with Gasteiger partial charge in [0.2, 0.25) is 0 Å². The molecule has 1 aromatic heterocycles. The molecule has 0 fully saturated rings. The van der Waals surface area contributed by atoms with E-state index in [2.05, 4.69) is 28.0 Å². The van der Waals surface area contributed by atoms with Crippen LogP contribution in [0.4, 0.5) is 10.6 Å². The Hall–Kier alpha value is -3.19. The van der Waals surface area contributed by atoms with E-state index >= 15 is 0 Å². The Kier molecular flexibility index (Phi) is 7.97. The van der Waals surface area contributed by atoms with E-state index in [1.165, 1.54) is 0 Å². The number of carbonyl (C=O) groups excluding carboxylic acids is 1. The molecule has 0 saturated carbocycles. The summed E-state index contributed by atoms with van der Waals surface area (Å²) in [7, 11) is 3.84. The van der Waals surface area contributed by atoms with Gasteiger partial charge in [0.1, 0.15) is 5.82 Å². The van der Waals surface area contributed by atoms with Crippen molar-refractivity contribution < 1.29 is 10.1 Å². The number of carbonyl (C=O) groups is 1. The minimum absolute atomic E-state index is 0.152. The molecule has 7 heteroatoms. The number of para-hydroxylation sites is 1. The van der Waals surface area contributed by atoms with Crippen LogP contribution in [-0.2, 0) is 13.1 Å². The molecule has 158 valence electrons. The number of hydrogen-bond acceptors (Lipinski definition) is 4. The molecule has 4 N–H and O–H groups in total. The lowest BCUT2D eigenvalue weighted by Gasteiger charge is -2.18. The van der Waals surface area contributed by atoms with Gasteiger partial charge >= 0.3 is 6.03 Å². The summed E-state index contributed by atoms with van der Waals surface area (Å²) in [6, 6.07) is 17.7. The molecule has 0 bridgehead atoms. The van der Waals surface area contributed by atoms with Gasteiger partial charge in [0.15, 0.2) is 5.82 Å². The Bertz CT molecular complexity index is 947. The molecule has 0 aliphatic rings. The Morgan fingerprint density at radius 1 is 1.03 bits per heavy atom. The lowest BCUT2D eigenvalue weighted by Crippen LogP contribution is -2.79. The third-order valence-electron chi connectivity index (χ3n) is 4.87. The van der Waals surface area contributed by atoms with Gasteiger partial charge in [0, 0.05) is 25.5 Å². The molecule has 0 aliphatic heterocycles. The van der Waals surface area contributed by atoms with E-state index in [-0.39, 0.29) is 6.03 Å². The van der Waals surface area contributed by atoms with Crippen LogP contribution in [-0.4, -0.2) is 48.1 Å². The first-order valence-electron chi connectivity index (χ1n) is 10.5. The van der Waals surface area contributed by atoms with Crippen LogP contribution in [0.15, 0.2) is 54.6 Å². The fraction of sp³-hybridized carbons (Fsp3) is 0.348. The topological polar surface area (TPSA) is 86.8 Å². The molecule has 0 unspecified atom stereocenters. The number of rotatable bonds is 10. The highest BCUT2D eigenvalue weighted by atomic mass is 16.2. The molecule has 0 saturated heterocycles. The minimum atomic E-state index is -0.152. The Morgan fingerprint density at radius 3 is 2.60 bits per heavy atom. The first kappa shape index (κ1) is 21.5. The van der Waals surface area contributed by atoms with E-state index in [0.29, 0.717) is 18.9 Å². The average Bonchev–Trinajstić information content (AvgIpc) is 2.78. The van der Waals surface area contributed by atoms with Gasteiger partial charge in [-0.05, 0) is 30.5 Å². The Morgan fingerprint density at radius 2 is 1.80 bits per heavy atom. The molecule has 0 aliphatic carbocycles. The standard InChI is InChI=1S/C23H30N6O/c1-24-14-8-9-15-25-22-19-12-6-7-13-20(19)27-21(28-22)17-29(2)23(30)26-16-18-10-4-3-5-11-18/h3-7,10-13,24H,8-9,14-17H2,1-2H3,(H,26,30)(H,25,27,28)/p+1. The molecule has 3 rings (SSSR count). The van der Waals surface area contributed by atoms with Crippen molar-refractivity contribution in [3.63, 3.8) is 0 Å². The second kappa shape index (κ2) is 11.1. The first-order valence-corrected chi connectivity index (χ1v) is 10.5. The fourth-order valence-corrected chi connectivity index (χ4v) is 3.20. The lowest BCUT2D eigenvalue weighted by molar-refractivity contribution is -0.627. The zero-order chi connectivity index (χ0) is 21.2. The van der Waals surface area contributed by atoms with E-state index < -0.39 is 0 Å². The highest BCUT2D eigenvalue weighted by molar-refractivity contribution is 5.89. The lowest BCUT2D eigenvalue weighted by atomic mass is 10.2. The Balaban J connectivity index is 1.64. The molecule has 7 nitrogen and oxygen atoms in total. The van der Waals surface area contributed by atoms with E-state index in [1.54, 1.807) is 11.9 Å². The number of unbranched alkanes of at least 4 members (excludes halogenated alkanes) is 1. The number of nitrogens with zero attached hydrogens (tertiary/aromatic N) is 3. The maximum atomic E-state index is 12.5. The van der Waals surface area contributed by atoms with Crippen LogP contribution in [0, 0.1) is 0 Å². The predicted molar refractivity (Wildman–Crippen MR) is 120 cm³/mol. The highest BCUT2D eigenvalue weighted by Gasteiger charge is 2.13. The van der Waals surface area contributed by atoms with Crippen LogP contribution in [0.1, 0.15) is 24.2 Å². The zero-order valence-corrected chi connectivity index (χ0v) is 17.8. The molecule has 2 aromatic carbocycles. The second-order valence-corrected chi connectivity index (χ2v) is 7.34. The van der Waals surface area contributed by atoms with Gasteiger partial charge in [-0.25, -0.2) is 14.8 Å². The summed E-state index contributed by atoms with van der Waals surface area (Å²) in [5.74, 6) is 1.45. The van der Waals surface area contributed by atoms with Gasteiger partial charge in [-0.15, -0.1) is 0 Å². The summed E-state index contributed by atoms with van der Waals surface area (Å²) in [4.78, 5) is 23.5. The summed E-state index contributed by atoms with van der Waals surface area (Å²) in [6.07, 6.45) is 2.24. The second-order valence-electron chi connectivity index (χ2n) is 7.34. The third kappa shape index (κ3) is 6.15. The van der Waals surface area contributed by atoms with E-state index in [0.717, 1.165) is 48.2 Å². The Labute approximate surface area is 177 Å². The van der Waals surface area contributed by atoms with Crippen LogP contribution >= 0.6 is 0 Å². The quantitative estimate of drug-likeness (QED) is 0.450. The SMILES string of the molecule is C[NH2+]CCCCNc1nc(CN(C)C(=O)NCc2ccccc2)nc2ccccc12. The number of hydrogen-bond donors (Lipinski definition) is 3. The van der Waals surface area contributed by atoms with Crippen molar-refractivity contribution in [2.45, 2.75) is 25.9 Å². The smallest absolute Gasteiger partial charge is 0.317 e. The van der Waals surface area contributed by atoms with Gasteiger partial charge in [0.25, 0.3) is 0 Å². The number of anilines is 1. The van der Waals surface area contributed by atoms with Crippen LogP contribution in [0.3, 0.4) is 0 Å². The van der Waals surface area contributed by atoms with Gasteiger partial charge in [-0.2, -0.15) is 0 Å². The predicted octanol–water partition coefficient (Wildman–Crippen LogP) is 2.36. The normalized spacial score (nSPS) is 10.7. The summed E-state index contributed by atoms with van der Waals surface area (Å²) in [6.45, 7) is 2.82. The first-order chi connectivity index (χ1) is 14.7. The maximum absolute atomic E-state index is 12.5. The molecule has 1 heterocycles. The van der Waals surface area contributed by atoms with Gasteiger partial charge in [-0.3, -0.25) is 0 Å². The summed E-state index contributed by atoms with van der Waals surface area (Å²) in [5.41, 5.74) is 1.94. The molecule has 0 radical (unpaired) electrons. The van der Waals surface area contributed by atoms with Crippen LogP contribution < -0.4 is 16.0 Å². The summed E-state index contributed by atoms with van der Waals surface area (Å²) < 4.78 is 0. The molecule has 30 heavy (non-hydrogen) atoms. The number of fused-ring (bicyclic) bond motifs is 1. The fourth-order valence-electron chi connectivity index (χ4n) is 3.20. The molecular weight excluding hydrogens is 376 g/mol. The summed E-state index contributed by atoms with van der Waals surface area (Å²) >= 11 is 0. The van der Waals surface area contributed by atoms with Gasteiger partial charge < -0.3 is 20.9 Å². The van der Waals surface area contributed by atoms with Crippen molar-refractivity contribution in [3.8, 4) is 0 Å². The van der Waals surface area contributed by atoms with Crippen LogP contribution in [0.2, 0.25) is 0 Å². The average molecular weight is 408 g/mol. The molecule has 2 amide bonds. The van der Waals surface area contributed by atoms with E-state index in [1.807, 2.05) is 54.6 Å². The number of urea groups is 1. The summed E-state index contributed by atoms with van der Waals surface area (Å²) in [5, 5.41) is 9.58. The van der Waals surface area contributed by atoms with Gasteiger partial charge in [-0.1, -0.05) is 42.5 Å². The molecule has 0 spiro atoms. The zero-order valence-electron chi connectivity index (χ0n) is 17.8. The monoisotopic (exact) mass is 407 g/mol. The van der Waals surface area contributed by atoms with Crippen LogP contribution in [0.5, 0.6) is 0 Å².